The van der Waals surface area contributed by atoms with Crippen LogP contribution >= 0.6 is 11.8 Å². The Morgan fingerprint density at radius 2 is 1.82 bits per heavy atom. The maximum absolute atomic E-state index is 13.2. The van der Waals surface area contributed by atoms with Crippen molar-refractivity contribution in [2.45, 2.75) is 43.1 Å². The van der Waals surface area contributed by atoms with E-state index in [1.54, 1.807) is 0 Å². The standard InChI is InChI=1S/C21H23N5OS/c1-3-14-10-12-16(13-11-14)22-20(27)19-18(15-8-6-5-7-9-15)25-26-17(4-2)23-24-21(26)28-19/h5-13,18-19,25H,3-4H2,1-2H3,(H,22,27)/t18-,19-/m1/s1. The minimum atomic E-state index is -0.366. The number of aryl methyl sites for hydroxylation is 2. The molecule has 3 aromatic rings. The Hall–Kier alpha value is -2.80. The summed E-state index contributed by atoms with van der Waals surface area (Å²) in [4.78, 5) is 13.2. The first-order valence-electron chi connectivity index (χ1n) is 9.51. The Morgan fingerprint density at radius 3 is 2.50 bits per heavy atom. The van der Waals surface area contributed by atoms with Crippen molar-refractivity contribution in [1.82, 2.24) is 14.9 Å². The molecular formula is C21H23N5OS. The van der Waals surface area contributed by atoms with E-state index in [4.69, 9.17) is 0 Å². The van der Waals surface area contributed by atoms with E-state index in [0.717, 1.165) is 29.9 Å². The summed E-state index contributed by atoms with van der Waals surface area (Å²) >= 11 is 1.45. The van der Waals surface area contributed by atoms with Gasteiger partial charge in [-0.3, -0.25) is 4.79 Å². The molecule has 0 fully saturated rings. The second-order valence-corrected chi connectivity index (χ2v) is 7.79. The van der Waals surface area contributed by atoms with E-state index in [1.165, 1.54) is 17.3 Å². The highest BCUT2D eigenvalue weighted by Crippen LogP contribution is 2.37. The van der Waals surface area contributed by atoms with Gasteiger partial charge in [0.2, 0.25) is 11.1 Å². The van der Waals surface area contributed by atoms with Crippen LogP contribution in [0.2, 0.25) is 0 Å². The summed E-state index contributed by atoms with van der Waals surface area (Å²) < 4.78 is 1.90. The summed E-state index contributed by atoms with van der Waals surface area (Å²) in [7, 11) is 0. The van der Waals surface area contributed by atoms with Gasteiger partial charge in [-0.1, -0.05) is 68.1 Å². The lowest BCUT2D eigenvalue weighted by molar-refractivity contribution is -0.116. The number of nitrogens with zero attached hydrogens (tertiary/aromatic N) is 3. The normalized spacial score (nSPS) is 18.2. The predicted octanol–water partition coefficient (Wildman–Crippen LogP) is 3.80. The third-order valence-corrected chi connectivity index (χ3v) is 6.08. The molecular weight excluding hydrogens is 370 g/mol. The zero-order chi connectivity index (χ0) is 19.5. The number of carbonyl (C=O) groups is 1. The topological polar surface area (TPSA) is 71.8 Å². The second-order valence-electron chi connectivity index (χ2n) is 6.68. The van der Waals surface area contributed by atoms with Gasteiger partial charge in [0, 0.05) is 12.1 Å². The van der Waals surface area contributed by atoms with Crippen LogP contribution in [-0.4, -0.2) is 26.0 Å². The predicted molar refractivity (Wildman–Crippen MR) is 112 cm³/mol. The van der Waals surface area contributed by atoms with Gasteiger partial charge in [0.15, 0.2) is 5.82 Å². The summed E-state index contributed by atoms with van der Waals surface area (Å²) in [5.74, 6) is 0.806. The third kappa shape index (κ3) is 3.62. The summed E-state index contributed by atoms with van der Waals surface area (Å²) in [6, 6.07) is 17.8. The van der Waals surface area contributed by atoms with E-state index in [1.807, 2.05) is 66.2 Å². The zero-order valence-electron chi connectivity index (χ0n) is 15.9. The molecule has 0 unspecified atom stereocenters. The average Bonchev–Trinajstić information content (AvgIpc) is 3.16. The molecule has 0 bridgehead atoms. The van der Waals surface area contributed by atoms with E-state index in [9.17, 15) is 4.79 Å². The highest BCUT2D eigenvalue weighted by atomic mass is 32.2. The van der Waals surface area contributed by atoms with E-state index in [0.29, 0.717) is 5.16 Å². The minimum Gasteiger partial charge on any atom is -0.325 e. The number of amides is 1. The fourth-order valence-corrected chi connectivity index (χ4v) is 4.37. The Bertz CT molecular complexity index is 955. The summed E-state index contributed by atoms with van der Waals surface area (Å²) in [5.41, 5.74) is 6.56. The number of anilines is 1. The fourth-order valence-electron chi connectivity index (χ4n) is 3.28. The third-order valence-electron chi connectivity index (χ3n) is 4.87. The van der Waals surface area contributed by atoms with E-state index in [2.05, 4.69) is 27.9 Å². The molecule has 6 nitrogen and oxygen atoms in total. The van der Waals surface area contributed by atoms with Crippen molar-refractivity contribution in [3.8, 4) is 0 Å². The number of benzene rings is 2. The molecule has 0 aliphatic carbocycles. The van der Waals surface area contributed by atoms with Gasteiger partial charge in [0.25, 0.3) is 0 Å². The van der Waals surface area contributed by atoms with Crippen LogP contribution < -0.4 is 10.7 Å². The van der Waals surface area contributed by atoms with Gasteiger partial charge < -0.3 is 10.7 Å². The van der Waals surface area contributed by atoms with Gasteiger partial charge in [-0.15, -0.1) is 10.2 Å². The smallest absolute Gasteiger partial charge is 0.240 e. The molecule has 2 heterocycles. The molecule has 1 amide bonds. The number of hydrogen-bond acceptors (Lipinski definition) is 5. The van der Waals surface area contributed by atoms with Crippen molar-refractivity contribution >= 4 is 23.4 Å². The van der Waals surface area contributed by atoms with Gasteiger partial charge in [-0.05, 0) is 29.7 Å². The Kier molecular flexibility index (Phi) is 5.34. The molecule has 0 saturated heterocycles. The lowest BCUT2D eigenvalue weighted by Gasteiger charge is -2.33. The van der Waals surface area contributed by atoms with Crippen LogP contribution in [0.4, 0.5) is 5.69 Å². The van der Waals surface area contributed by atoms with Crippen molar-refractivity contribution < 1.29 is 4.79 Å². The molecule has 2 aromatic carbocycles. The summed E-state index contributed by atoms with van der Waals surface area (Å²) in [6.07, 6.45) is 1.74. The average molecular weight is 394 g/mol. The molecule has 1 aliphatic heterocycles. The molecule has 1 aromatic heterocycles. The fraction of sp³-hybridized carbons (Fsp3) is 0.286. The number of aromatic nitrogens is 3. The van der Waals surface area contributed by atoms with Crippen molar-refractivity contribution in [2.75, 3.05) is 10.7 Å². The zero-order valence-corrected chi connectivity index (χ0v) is 16.7. The summed E-state index contributed by atoms with van der Waals surface area (Å²) in [5, 5.41) is 11.9. The largest absolute Gasteiger partial charge is 0.325 e. The molecule has 144 valence electrons. The molecule has 1 aliphatic rings. The lowest BCUT2D eigenvalue weighted by atomic mass is 10.0. The maximum Gasteiger partial charge on any atom is 0.240 e. The summed E-state index contributed by atoms with van der Waals surface area (Å²) in [6.45, 7) is 4.16. The number of nitrogens with one attached hydrogen (secondary N) is 2. The quantitative estimate of drug-likeness (QED) is 0.690. The van der Waals surface area contributed by atoms with Gasteiger partial charge in [0.1, 0.15) is 5.25 Å². The number of fused-ring (bicyclic) bond motifs is 1. The molecule has 0 spiro atoms. The van der Waals surface area contributed by atoms with Crippen molar-refractivity contribution in [2.24, 2.45) is 0 Å². The Labute approximate surface area is 168 Å². The first-order valence-corrected chi connectivity index (χ1v) is 10.4. The van der Waals surface area contributed by atoms with E-state index >= 15 is 0 Å². The van der Waals surface area contributed by atoms with Gasteiger partial charge >= 0.3 is 0 Å². The number of carbonyl (C=O) groups excluding carboxylic acids is 1. The Morgan fingerprint density at radius 1 is 1.07 bits per heavy atom. The van der Waals surface area contributed by atoms with Gasteiger partial charge in [-0.2, -0.15) is 0 Å². The van der Waals surface area contributed by atoms with Crippen molar-refractivity contribution in [3.05, 3.63) is 71.5 Å². The van der Waals surface area contributed by atoms with E-state index < -0.39 is 0 Å². The van der Waals surface area contributed by atoms with Crippen LogP contribution in [-0.2, 0) is 17.6 Å². The molecule has 4 rings (SSSR count). The highest BCUT2D eigenvalue weighted by molar-refractivity contribution is 8.00. The first kappa shape index (κ1) is 18.6. The van der Waals surface area contributed by atoms with Crippen LogP contribution in [0, 0.1) is 0 Å². The van der Waals surface area contributed by atoms with Crippen LogP contribution in [0.3, 0.4) is 0 Å². The number of rotatable bonds is 5. The maximum atomic E-state index is 13.2. The van der Waals surface area contributed by atoms with Crippen LogP contribution in [0.25, 0.3) is 0 Å². The van der Waals surface area contributed by atoms with Crippen LogP contribution in [0.1, 0.15) is 36.8 Å². The molecule has 7 heteroatoms. The molecule has 2 N–H and O–H groups in total. The molecule has 0 radical (unpaired) electrons. The van der Waals surface area contributed by atoms with Crippen molar-refractivity contribution in [1.29, 1.82) is 0 Å². The first-order chi connectivity index (χ1) is 13.7. The number of hydrogen-bond donors (Lipinski definition) is 2. The minimum absolute atomic E-state index is 0.0529. The SMILES string of the molecule is CCc1ccc(NC(=O)[C@@H]2Sc3nnc(CC)n3N[C@@H]2c2ccccc2)cc1. The molecule has 2 atom stereocenters. The highest BCUT2D eigenvalue weighted by Gasteiger charge is 2.37. The number of thioether (sulfide) groups is 1. The van der Waals surface area contributed by atoms with Crippen LogP contribution in [0.15, 0.2) is 59.8 Å². The molecule has 28 heavy (non-hydrogen) atoms. The van der Waals surface area contributed by atoms with Gasteiger partial charge in [-0.25, -0.2) is 4.68 Å². The Balaban J connectivity index is 1.62. The molecule has 0 saturated carbocycles. The lowest BCUT2D eigenvalue weighted by Crippen LogP contribution is -2.41. The van der Waals surface area contributed by atoms with Crippen molar-refractivity contribution in [3.63, 3.8) is 0 Å². The monoisotopic (exact) mass is 393 g/mol. The van der Waals surface area contributed by atoms with Gasteiger partial charge in [0.05, 0.1) is 6.04 Å². The second kappa shape index (κ2) is 8.06. The van der Waals surface area contributed by atoms with E-state index in [-0.39, 0.29) is 17.2 Å². The van der Waals surface area contributed by atoms with Crippen LogP contribution in [0.5, 0.6) is 0 Å².